The van der Waals surface area contributed by atoms with Gasteiger partial charge in [0.2, 0.25) is 0 Å². The predicted octanol–water partition coefficient (Wildman–Crippen LogP) is 2.99. The van der Waals surface area contributed by atoms with E-state index >= 15 is 0 Å². The lowest BCUT2D eigenvalue weighted by atomic mass is 10.0. The first kappa shape index (κ1) is 14.3. The Hall–Kier alpha value is -2.33. The zero-order chi connectivity index (χ0) is 15.8. The number of hydrogen-bond donors (Lipinski definition) is 0. The van der Waals surface area contributed by atoms with E-state index in [0.29, 0.717) is 0 Å². The van der Waals surface area contributed by atoms with Crippen LogP contribution in [0.3, 0.4) is 0 Å². The van der Waals surface area contributed by atoms with Gasteiger partial charge in [-0.25, -0.2) is 0 Å². The van der Waals surface area contributed by atoms with E-state index in [2.05, 4.69) is 64.4 Å². The molecule has 2 heterocycles. The fourth-order valence-electron chi connectivity index (χ4n) is 3.29. The Balaban J connectivity index is 1.66. The van der Waals surface area contributed by atoms with Crippen LogP contribution in [0, 0.1) is 0 Å². The van der Waals surface area contributed by atoms with Gasteiger partial charge >= 0.3 is 0 Å². The van der Waals surface area contributed by atoms with Crippen LogP contribution in [0.25, 0.3) is 22.0 Å². The third-order valence-electron chi connectivity index (χ3n) is 4.79. The highest BCUT2D eigenvalue weighted by atomic mass is 15.3. The van der Waals surface area contributed by atoms with Gasteiger partial charge < -0.3 is 9.80 Å². The fourth-order valence-corrected chi connectivity index (χ4v) is 3.29. The monoisotopic (exact) mass is 306 g/mol. The molecule has 0 bridgehead atoms. The minimum atomic E-state index is 1.10. The second kappa shape index (κ2) is 5.70. The van der Waals surface area contributed by atoms with Crippen molar-refractivity contribution in [1.82, 2.24) is 14.7 Å². The zero-order valence-electron chi connectivity index (χ0n) is 13.7. The molecular formula is C19H22N4. The van der Waals surface area contributed by atoms with Crippen LogP contribution in [-0.2, 0) is 7.05 Å². The number of aryl methyl sites for hydroxylation is 1. The number of aromatic nitrogens is 2. The Kier molecular flexibility index (Phi) is 3.54. The van der Waals surface area contributed by atoms with Crippen LogP contribution in [0.5, 0.6) is 0 Å². The van der Waals surface area contributed by atoms with E-state index in [0.717, 1.165) is 26.2 Å². The molecule has 1 aromatic heterocycles. The molecule has 23 heavy (non-hydrogen) atoms. The Labute approximate surface area is 136 Å². The summed E-state index contributed by atoms with van der Waals surface area (Å²) in [6.07, 6.45) is 1.93. The van der Waals surface area contributed by atoms with Crippen molar-refractivity contribution in [3.05, 3.63) is 48.7 Å². The number of rotatable bonds is 2. The highest BCUT2D eigenvalue weighted by molar-refractivity contribution is 5.85. The molecule has 118 valence electrons. The summed E-state index contributed by atoms with van der Waals surface area (Å²) in [5.41, 5.74) is 5.01. The van der Waals surface area contributed by atoms with Gasteiger partial charge in [0, 0.05) is 44.3 Å². The van der Waals surface area contributed by atoms with Gasteiger partial charge in [-0.15, -0.1) is 0 Å². The number of anilines is 1. The van der Waals surface area contributed by atoms with E-state index in [4.69, 9.17) is 0 Å². The standard InChI is InChI=1S/C19H22N4/c1-21-8-10-23(11-9-21)18-5-3-4-15(13-18)16-6-7-19-17(12-16)14-20-22(19)2/h3-7,12-14H,8-11H2,1-2H3. The van der Waals surface area contributed by atoms with Crippen molar-refractivity contribution in [2.45, 2.75) is 0 Å². The van der Waals surface area contributed by atoms with E-state index < -0.39 is 0 Å². The van der Waals surface area contributed by atoms with Crippen molar-refractivity contribution < 1.29 is 0 Å². The number of nitrogens with zero attached hydrogens (tertiary/aromatic N) is 4. The van der Waals surface area contributed by atoms with Gasteiger partial charge in [0.1, 0.15) is 0 Å². The lowest BCUT2D eigenvalue weighted by molar-refractivity contribution is 0.313. The molecule has 0 aliphatic carbocycles. The molecular weight excluding hydrogens is 284 g/mol. The normalized spacial score (nSPS) is 16.2. The largest absolute Gasteiger partial charge is 0.369 e. The summed E-state index contributed by atoms with van der Waals surface area (Å²) in [6, 6.07) is 15.5. The van der Waals surface area contributed by atoms with E-state index in [1.54, 1.807) is 0 Å². The van der Waals surface area contributed by atoms with Crippen LogP contribution in [0.15, 0.2) is 48.7 Å². The van der Waals surface area contributed by atoms with E-state index in [-0.39, 0.29) is 0 Å². The van der Waals surface area contributed by atoms with Gasteiger partial charge in [-0.3, -0.25) is 4.68 Å². The number of fused-ring (bicyclic) bond motifs is 1. The average Bonchev–Trinajstić information content (AvgIpc) is 2.96. The van der Waals surface area contributed by atoms with E-state index in [9.17, 15) is 0 Å². The Morgan fingerprint density at radius 1 is 0.870 bits per heavy atom. The molecule has 0 spiro atoms. The maximum atomic E-state index is 4.33. The molecule has 0 N–H and O–H groups in total. The van der Waals surface area contributed by atoms with Crippen molar-refractivity contribution in [2.24, 2.45) is 7.05 Å². The Morgan fingerprint density at radius 3 is 2.48 bits per heavy atom. The van der Waals surface area contributed by atoms with Gasteiger partial charge in [0.25, 0.3) is 0 Å². The second-order valence-electron chi connectivity index (χ2n) is 6.38. The molecule has 0 amide bonds. The van der Waals surface area contributed by atoms with Crippen LogP contribution >= 0.6 is 0 Å². The molecule has 1 fully saturated rings. The van der Waals surface area contributed by atoms with Crippen LogP contribution in [0.2, 0.25) is 0 Å². The number of hydrogen-bond acceptors (Lipinski definition) is 3. The van der Waals surface area contributed by atoms with E-state index in [1.807, 2.05) is 17.9 Å². The van der Waals surface area contributed by atoms with Crippen molar-refractivity contribution >= 4 is 16.6 Å². The first-order valence-corrected chi connectivity index (χ1v) is 8.16. The smallest absolute Gasteiger partial charge is 0.0679 e. The molecule has 1 aliphatic rings. The molecule has 4 heteroatoms. The molecule has 1 aliphatic heterocycles. The third kappa shape index (κ3) is 2.70. The summed E-state index contributed by atoms with van der Waals surface area (Å²) in [5.74, 6) is 0. The molecule has 2 aromatic carbocycles. The average molecular weight is 306 g/mol. The highest BCUT2D eigenvalue weighted by Gasteiger charge is 2.14. The highest BCUT2D eigenvalue weighted by Crippen LogP contribution is 2.28. The van der Waals surface area contributed by atoms with Gasteiger partial charge in [-0.1, -0.05) is 18.2 Å². The van der Waals surface area contributed by atoms with E-state index in [1.165, 1.54) is 27.7 Å². The van der Waals surface area contributed by atoms with Gasteiger partial charge in [0.05, 0.1) is 11.7 Å². The predicted molar refractivity (Wildman–Crippen MR) is 95.9 cm³/mol. The second-order valence-corrected chi connectivity index (χ2v) is 6.38. The zero-order valence-corrected chi connectivity index (χ0v) is 13.7. The van der Waals surface area contributed by atoms with Gasteiger partial charge in [-0.05, 0) is 42.4 Å². The lowest BCUT2D eigenvalue weighted by Gasteiger charge is -2.34. The lowest BCUT2D eigenvalue weighted by Crippen LogP contribution is -2.44. The van der Waals surface area contributed by atoms with Crippen molar-refractivity contribution in [3.63, 3.8) is 0 Å². The summed E-state index contributed by atoms with van der Waals surface area (Å²) >= 11 is 0. The topological polar surface area (TPSA) is 24.3 Å². The minimum Gasteiger partial charge on any atom is -0.369 e. The quantitative estimate of drug-likeness (QED) is 0.727. The molecule has 0 unspecified atom stereocenters. The van der Waals surface area contributed by atoms with Crippen LogP contribution in [0.1, 0.15) is 0 Å². The summed E-state index contributed by atoms with van der Waals surface area (Å²) < 4.78 is 1.92. The number of piperazine rings is 1. The van der Waals surface area contributed by atoms with Crippen molar-refractivity contribution in [2.75, 3.05) is 38.1 Å². The fraction of sp³-hybridized carbons (Fsp3) is 0.316. The van der Waals surface area contributed by atoms with Gasteiger partial charge in [0.15, 0.2) is 0 Å². The number of likely N-dealkylation sites (N-methyl/N-ethyl adjacent to an activating group) is 1. The Bertz CT molecular complexity index is 828. The molecule has 0 atom stereocenters. The summed E-state index contributed by atoms with van der Waals surface area (Å²) in [6.45, 7) is 4.46. The summed E-state index contributed by atoms with van der Waals surface area (Å²) in [5, 5.41) is 5.52. The molecule has 4 rings (SSSR count). The molecule has 0 radical (unpaired) electrons. The van der Waals surface area contributed by atoms with Crippen LogP contribution < -0.4 is 4.90 Å². The van der Waals surface area contributed by atoms with Crippen LogP contribution in [0.4, 0.5) is 5.69 Å². The maximum Gasteiger partial charge on any atom is 0.0679 e. The first-order valence-electron chi connectivity index (χ1n) is 8.16. The molecule has 4 nitrogen and oxygen atoms in total. The SMILES string of the molecule is CN1CCN(c2cccc(-c3ccc4c(cnn4C)c3)c2)CC1. The van der Waals surface area contributed by atoms with Crippen LogP contribution in [-0.4, -0.2) is 47.9 Å². The third-order valence-corrected chi connectivity index (χ3v) is 4.79. The minimum absolute atomic E-state index is 1.10. The summed E-state index contributed by atoms with van der Waals surface area (Å²) in [4.78, 5) is 4.86. The Morgan fingerprint density at radius 2 is 1.65 bits per heavy atom. The molecule has 1 saturated heterocycles. The first-order chi connectivity index (χ1) is 11.2. The van der Waals surface area contributed by atoms with Crippen molar-refractivity contribution in [1.29, 1.82) is 0 Å². The number of benzene rings is 2. The molecule has 0 saturated carbocycles. The summed E-state index contributed by atoms with van der Waals surface area (Å²) in [7, 11) is 4.17. The molecule has 3 aromatic rings. The maximum absolute atomic E-state index is 4.33. The van der Waals surface area contributed by atoms with Crippen molar-refractivity contribution in [3.8, 4) is 11.1 Å². The van der Waals surface area contributed by atoms with Gasteiger partial charge in [-0.2, -0.15) is 5.10 Å².